The standard InChI is InChI=1S/C27H16F4O6/c28-16-1-3-18(22(30)10-16)12-5-14(24(32)20(8-12)26(34)35)7-15-6-13(9-21(25(15)33)27(36)37)19-4-2-17(29)11-23(19)31/h1-6,8-11,32-33H,7H2,(H,34,35)(H,36,37). The van der Waals surface area contributed by atoms with Crippen molar-refractivity contribution in [2.45, 2.75) is 6.42 Å². The third-order valence-corrected chi connectivity index (χ3v) is 5.70. The van der Waals surface area contributed by atoms with Crippen molar-refractivity contribution >= 4 is 11.9 Å². The van der Waals surface area contributed by atoms with Crippen molar-refractivity contribution in [2.75, 3.05) is 0 Å². The molecule has 0 aliphatic rings. The van der Waals surface area contributed by atoms with Crippen LogP contribution in [0.4, 0.5) is 17.6 Å². The first-order valence-electron chi connectivity index (χ1n) is 10.6. The summed E-state index contributed by atoms with van der Waals surface area (Å²) in [4.78, 5) is 23.5. The van der Waals surface area contributed by atoms with Crippen molar-refractivity contribution in [2.24, 2.45) is 0 Å². The molecule has 188 valence electrons. The average molecular weight is 512 g/mol. The van der Waals surface area contributed by atoms with Crippen LogP contribution >= 0.6 is 0 Å². The highest BCUT2D eigenvalue weighted by molar-refractivity contribution is 5.94. The summed E-state index contributed by atoms with van der Waals surface area (Å²) in [5.74, 6) is -8.36. The fraction of sp³-hybridized carbons (Fsp3) is 0.0370. The van der Waals surface area contributed by atoms with Gasteiger partial charge >= 0.3 is 11.9 Å². The van der Waals surface area contributed by atoms with Crippen LogP contribution in [0.3, 0.4) is 0 Å². The summed E-state index contributed by atoms with van der Waals surface area (Å²) in [5.41, 5.74) is -2.00. The molecule has 4 aromatic rings. The minimum absolute atomic E-state index is 0.0404. The van der Waals surface area contributed by atoms with E-state index in [-0.39, 0.29) is 33.4 Å². The minimum atomic E-state index is -1.57. The van der Waals surface area contributed by atoms with Gasteiger partial charge in [-0.25, -0.2) is 27.2 Å². The van der Waals surface area contributed by atoms with Gasteiger partial charge in [0.1, 0.15) is 45.9 Å². The molecule has 6 nitrogen and oxygen atoms in total. The van der Waals surface area contributed by atoms with Crippen molar-refractivity contribution in [3.63, 3.8) is 0 Å². The monoisotopic (exact) mass is 512 g/mol. The van der Waals surface area contributed by atoms with Crippen LogP contribution < -0.4 is 0 Å². The first-order chi connectivity index (χ1) is 17.5. The number of halogens is 4. The number of carboxylic acids is 2. The molecular formula is C27H16F4O6. The van der Waals surface area contributed by atoms with Crippen LogP contribution in [0.25, 0.3) is 22.3 Å². The van der Waals surface area contributed by atoms with Crippen LogP contribution in [0, 0.1) is 23.3 Å². The van der Waals surface area contributed by atoms with Crippen molar-refractivity contribution in [1.29, 1.82) is 0 Å². The van der Waals surface area contributed by atoms with Crippen molar-refractivity contribution in [3.05, 3.63) is 106 Å². The lowest BCUT2D eigenvalue weighted by molar-refractivity contribution is 0.0682. The normalized spacial score (nSPS) is 10.9. The Morgan fingerprint density at radius 1 is 0.595 bits per heavy atom. The Labute approximate surface area is 206 Å². The molecule has 4 aromatic carbocycles. The summed E-state index contributed by atoms with van der Waals surface area (Å²) in [6.07, 6.45) is -0.467. The zero-order chi connectivity index (χ0) is 27.0. The smallest absolute Gasteiger partial charge is 0.339 e. The lowest BCUT2D eigenvalue weighted by Crippen LogP contribution is -2.04. The average Bonchev–Trinajstić information content (AvgIpc) is 2.81. The summed E-state index contributed by atoms with van der Waals surface area (Å²) < 4.78 is 55.6. The Hall–Kier alpha value is -4.86. The minimum Gasteiger partial charge on any atom is -0.507 e. The Morgan fingerprint density at radius 3 is 1.30 bits per heavy atom. The number of carbonyl (C=O) groups is 2. The fourth-order valence-electron chi connectivity index (χ4n) is 3.95. The molecule has 0 saturated heterocycles. The van der Waals surface area contributed by atoms with E-state index in [0.29, 0.717) is 12.1 Å². The van der Waals surface area contributed by atoms with Gasteiger partial charge in [0.15, 0.2) is 0 Å². The maximum Gasteiger partial charge on any atom is 0.339 e. The second kappa shape index (κ2) is 9.65. The number of carboxylic acid groups (broad SMARTS) is 2. The first-order valence-corrected chi connectivity index (χ1v) is 10.6. The molecule has 4 rings (SSSR count). The Morgan fingerprint density at radius 2 is 0.973 bits per heavy atom. The maximum absolute atomic E-state index is 14.4. The zero-order valence-electron chi connectivity index (χ0n) is 18.6. The molecule has 0 atom stereocenters. The Balaban J connectivity index is 1.91. The van der Waals surface area contributed by atoms with E-state index < -0.39 is 64.3 Å². The molecule has 0 aliphatic heterocycles. The van der Waals surface area contributed by atoms with E-state index >= 15 is 0 Å². The molecule has 0 radical (unpaired) electrons. The highest BCUT2D eigenvalue weighted by Gasteiger charge is 2.22. The molecule has 10 heteroatoms. The number of phenols is 2. The second-order valence-corrected chi connectivity index (χ2v) is 8.10. The summed E-state index contributed by atoms with van der Waals surface area (Å²) in [7, 11) is 0. The van der Waals surface area contributed by atoms with Crippen LogP contribution in [0.5, 0.6) is 11.5 Å². The lowest BCUT2D eigenvalue weighted by atomic mass is 9.91. The fourth-order valence-corrected chi connectivity index (χ4v) is 3.95. The van der Waals surface area contributed by atoms with E-state index in [1.54, 1.807) is 0 Å². The van der Waals surface area contributed by atoms with Gasteiger partial charge < -0.3 is 20.4 Å². The predicted molar refractivity (Wildman–Crippen MR) is 124 cm³/mol. The second-order valence-electron chi connectivity index (χ2n) is 8.10. The van der Waals surface area contributed by atoms with Crippen LogP contribution in [0.15, 0.2) is 60.7 Å². The van der Waals surface area contributed by atoms with Gasteiger partial charge in [0.05, 0.1) is 0 Å². The predicted octanol–water partition coefficient (Wildman–Crippen LogP) is 5.98. The zero-order valence-corrected chi connectivity index (χ0v) is 18.6. The Bertz CT molecular complexity index is 1470. The molecule has 0 saturated carbocycles. The van der Waals surface area contributed by atoms with Crippen molar-refractivity contribution < 1.29 is 47.6 Å². The van der Waals surface area contributed by atoms with Gasteiger partial charge in [-0.2, -0.15) is 0 Å². The van der Waals surface area contributed by atoms with E-state index in [0.717, 1.165) is 36.4 Å². The number of aromatic hydroxyl groups is 2. The van der Waals surface area contributed by atoms with E-state index in [1.165, 1.54) is 12.1 Å². The van der Waals surface area contributed by atoms with Gasteiger partial charge in [-0.05, 0) is 70.8 Å². The SMILES string of the molecule is O=C(O)c1cc(-c2ccc(F)cc2F)cc(Cc2cc(-c3ccc(F)cc3F)cc(C(=O)O)c2O)c1O. The summed E-state index contributed by atoms with van der Waals surface area (Å²) in [6.45, 7) is 0. The van der Waals surface area contributed by atoms with E-state index in [4.69, 9.17) is 0 Å². The van der Waals surface area contributed by atoms with Gasteiger partial charge in [0.25, 0.3) is 0 Å². The molecule has 0 aliphatic carbocycles. The highest BCUT2D eigenvalue weighted by atomic mass is 19.1. The van der Waals surface area contributed by atoms with Crippen LogP contribution in [0.1, 0.15) is 31.8 Å². The summed E-state index contributed by atoms with van der Waals surface area (Å²) >= 11 is 0. The number of aromatic carboxylic acids is 2. The number of hydrogen-bond donors (Lipinski definition) is 4. The number of benzene rings is 4. The van der Waals surface area contributed by atoms with Crippen LogP contribution in [-0.4, -0.2) is 32.4 Å². The largest absolute Gasteiger partial charge is 0.507 e. The van der Waals surface area contributed by atoms with E-state index in [9.17, 15) is 47.6 Å². The quantitative estimate of drug-likeness (QED) is 0.237. The van der Waals surface area contributed by atoms with Gasteiger partial charge in [0.2, 0.25) is 0 Å². The molecule has 37 heavy (non-hydrogen) atoms. The highest BCUT2D eigenvalue weighted by Crippen LogP contribution is 2.37. The lowest BCUT2D eigenvalue weighted by Gasteiger charge is -2.15. The van der Waals surface area contributed by atoms with Gasteiger partial charge in [-0.3, -0.25) is 0 Å². The van der Waals surface area contributed by atoms with Crippen molar-refractivity contribution in [3.8, 4) is 33.8 Å². The molecule has 4 N–H and O–H groups in total. The Kier molecular flexibility index (Phi) is 6.58. The summed E-state index contributed by atoms with van der Waals surface area (Å²) in [5, 5.41) is 40.3. The molecule has 0 unspecified atom stereocenters. The molecule has 0 spiro atoms. The maximum atomic E-state index is 14.4. The molecule has 0 amide bonds. The third kappa shape index (κ3) is 4.94. The van der Waals surface area contributed by atoms with E-state index in [1.807, 2.05) is 0 Å². The molecule has 0 fully saturated rings. The molecule has 0 aromatic heterocycles. The molecule has 0 bridgehead atoms. The third-order valence-electron chi connectivity index (χ3n) is 5.70. The number of hydrogen-bond acceptors (Lipinski definition) is 4. The number of rotatable bonds is 6. The first kappa shape index (κ1) is 25.2. The van der Waals surface area contributed by atoms with Crippen molar-refractivity contribution in [1.82, 2.24) is 0 Å². The van der Waals surface area contributed by atoms with Gasteiger partial charge in [-0.15, -0.1) is 0 Å². The van der Waals surface area contributed by atoms with Crippen LogP contribution in [0.2, 0.25) is 0 Å². The van der Waals surface area contributed by atoms with E-state index in [2.05, 4.69) is 0 Å². The molecule has 0 heterocycles. The topological polar surface area (TPSA) is 115 Å². The van der Waals surface area contributed by atoms with Gasteiger partial charge in [-0.1, -0.05) is 0 Å². The van der Waals surface area contributed by atoms with Crippen LogP contribution in [-0.2, 0) is 6.42 Å². The van der Waals surface area contributed by atoms with Gasteiger partial charge in [0, 0.05) is 29.7 Å². The summed E-state index contributed by atoms with van der Waals surface area (Å²) in [6, 6.07) is 9.59. The molecular weight excluding hydrogens is 496 g/mol.